The van der Waals surface area contributed by atoms with Crippen molar-refractivity contribution in [3.05, 3.63) is 41.2 Å². The van der Waals surface area contributed by atoms with Crippen LogP contribution in [0.3, 0.4) is 0 Å². The number of nitrogens with zero attached hydrogens (tertiary/aromatic N) is 3. The maximum Gasteiger partial charge on any atom is 0.358 e. The molecular weight excluding hydrogens is 298 g/mol. The molecule has 1 aromatic heterocycles. The Bertz CT molecular complexity index is 692. The molecule has 2 heterocycles. The summed E-state index contributed by atoms with van der Waals surface area (Å²) >= 11 is 0. The van der Waals surface area contributed by atoms with E-state index in [-0.39, 0.29) is 11.8 Å². The van der Waals surface area contributed by atoms with Crippen LogP contribution in [0.2, 0.25) is 0 Å². The molecule has 0 radical (unpaired) electrons. The summed E-state index contributed by atoms with van der Waals surface area (Å²) < 4.78 is 12.9. The molecule has 0 saturated carbocycles. The highest BCUT2D eigenvalue weighted by atomic mass is 16.5. The summed E-state index contributed by atoms with van der Waals surface area (Å²) in [6.07, 6.45) is 1.44. The fourth-order valence-electron chi connectivity index (χ4n) is 2.70. The average Bonchev–Trinajstić information content (AvgIpc) is 3.15. The third-order valence-corrected chi connectivity index (χ3v) is 3.77. The molecule has 1 fully saturated rings. The van der Waals surface area contributed by atoms with Gasteiger partial charge >= 0.3 is 5.97 Å². The van der Waals surface area contributed by atoms with Crippen molar-refractivity contribution in [1.82, 2.24) is 15.0 Å². The predicted octanol–water partition coefficient (Wildman–Crippen LogP) is 2.22. The number of benzene rings is 1. The Hall–Kier alpha value is -2.41. The Balaban J connectivity index is 1.71. The Morgan fingerprint density at radius 1 is 1.52 bits per heavy atom. The molecule has 23 heavy (non-hydrogen) atoms. The van der Waals surface area contributed by atoms with Gasteiger partial charge in [-0.15, -0.1) is 5.10 Å². The van der Waals surface area contributed by atoms with Gasteiger partial charge in [-0.05, 0) is 37.5 Å². The minimum absolute atomic E-state index is 0.0348. The lowest BCUT2D eigenvalue weighted by atomic mass is 10.1. The molecule has 3 rings (SSSR count). The van der Waals surface area contributed by atoms with E-state index in [0.29, 0.717) is 25.5 Å². The van der Waals surface area contributed by atoms with Crippen molar-refractivity contribution in [1.29, 1.82) is 0 Å². The number of carbonyl (C=O) groups is 1. The van der Waals surface area contributed by atoms with Gasteiger partial charge in [-0.1, -0.05) is 17.3 Å². The molecule has 1 aliphatic heterocycles. The van der Waals surface area contributed by atoms with Gasteiger partial charge in [-0.3, -0.25) is 0 Å². The van der Waals surface area contributed by atoms with Crippen LogP contribution in [0.1, 0.15) is 40.7 Å². The quantitative estimate of drug-likeness (QED) is 0.879. The maximum absolute atomic E-state index is 11.3. The zero-order valence-corrected chi connectivity index (χ0v) is 12.9. The Kier molecular flexibility index (Phi) is 4.57. The van der Waals surface area contributed by atoms with Crippen LogP contribution in [0.5, 0.6) is 5.75 Å². The third kappa shape index (κ3) is 3.50. The largest absolute Gasteiger partial charge is 0.492 e. The van der Waals surface area contributed by atoms with Crippen LogP contribution < -0.4 is 4.74 Å². The molecule has 0 spiro atoms. The number of aryl methyl sites for hydroxylation is 1. The first-order valence-corrected chi connectivity index (χ1v) is 7.63. The van der Waals surface area contributed by atoms with Crippen molar-refractivity contribution >= 4 is 5.97 Å². The van der Waals surface area contributed by atoms with E-state index < -0.39 is 5.97 Å². The highest BCUT2D eigenvalue weighted by Crippen LogP contribution is 2.30. The number of hydrogen-bond donors (Lipinski definition) is 1. The first-order valence-electron chi connectivity index (χ1n) is 7.63. The molecular formula is C16H19N3O4. The summed E-state index contributed by atoms with van der Waals surface area (Å²) in [4.78, 5) is 11.3. The molecule has 1 atom stereocenters. The fraction of sp³-hybridized carbons (Fsp3) is 0.438. The van der Waals surface area contributed by atoms with Crippen LogP contribution in [0.25, 0.3) is 0 Å². The van der Waals surface area contributed by atoms with E-state index in [2.05, 4.69) is 10.3 Å². The van der Waals surface area contributed by atoms with Gasteiger partial charge in [0.15, 0.2) is 5.69 Å². The summed E-state index contributed by atoms with van der Waals surface area (Å²) in [5.41, 5.74) is 1.62. The minimum atomic E-state index is -1.08. The van der Waals surface area contributed by atoms with Gasteiger partial charge in [-0.25, -0.2) is 9.48 Å². The van der Waals surface area contributed by atoms with Gasteiger partial charge in [0.1, 0.15) is 24.2 Å². The summed E-state index contributed by atoms with van der Waals surface area (Å²) in [6, 6.07) is 7.77. The number of ether oxygens (including phenoxy) is 2. The zero-order chi connectivity index (χ0) is 16.2. The summed E-state index contributed by atoms with van der Waals surface area (Å²) in [6.45, 7) is 3.43. The summed E-state index contributed by atoms with van der Waals surface area (Å²) in [7, 11) is 0. The van der Waals surface area contributed by atoms with Crippen LogP contribution in [0.15, 0.2) is 24.3 Å². The fourth-order valence-corrected chi connectivity index (χ4v) is 2.70. The van der Waals surface area contributed by atoms with Gasteiger partial charge < -0.3 is 14.6 Å². The highest BCUT2D eigenvalue weighted by Gasteiger charge is 2.29. The van der Waals surface area contributed by atoms with E-state index in [1.165, 1.54) is 0 Å². The number of hydrogen-bond acceptors (Lipinski definition) is 5. The average molecular weight is 317 g/mol. The van der Waals surface area contributed by atoms with Gasteiger partial charge in [0.25, 0.3) is 0 Å². The van der Waals surface area contributed by atoms with Crippen LogP contribution >= 0.6 is 0 Å². The Morgan fingerprint density at radius 3 is 3.09 bits per heavy atom. The number of carboxylic acid groups (broad SMARTS) is 1. The standard InChI is InChI=1S/C16H19N3O4/c1-11-4-2-5-12(10-11)22-9-7-19-15(13-6-3-8-23-13)14(16(20)21)17-18-19/h2,4-5,10,13H,3,6-9H2,1H3,(H,20,21). The molecule has 122 valence electrons. The van der Waals surface area contributed by atoms with Crippen LogP contribution in [0.4, 0.5) is 0 Å². The van der Waals surface area contributed by atoms with E-state index in [1.54, 1.807) is 4.68 Å². The van der Waals surface area contributed by atoms with Crippen molar-refractivity contribution in [2.75, 3.05) is 13.2 Å². The molecule has 0 amide bonds. The molecule has 1 unspecified atom stereocenters. The van der Waals surface area contributed by atoms with Crippen LogP contribution in [0, 0.1) is 6.92 Å². The number of rotatable bonds is 6. The second kappa shape index (κ2) is 6.78. The second-order valence-corrected chi connectivity index (χ2v) is 5.52. The minimum Gasteiger partial charge on any atom is -0.492 e. The molecule has 0 bridgehead atoms. The van der Waals surface area contributed by atoms with E-state index >= 15 is 0 Å². The molecule has 1 saturated heterocycles. The molecule has 1 aliphatic rings. The first kappa shape index (κ1) is 15.5. The van der Waals surface area contributed by atoms with Gasteiger partial charge in [0.05, 0.1) is 6.54 Å². The zero-order valence-electron chi connectivity index (χ0n) is 12.9. The van der Waals surface area contributed by atoms with E-state index in [1.807, 2.05) is 31.2 Å². The Morgan fingerprint density at radius 2 is 2.39 bits per heavy atom. The number of aromatic nitrogens is 3. The van der Waals surface area contributed by atoms with Crippen molar-refractivity contribution in [3.63, 3.8) is 0 Å². The molecule has 7 nitrogen and oxygen atoms in total. The van der Waals surface area contributed by atoms with E-state index in [4.69, 9.17) is 9.47 Å². The number of aromatic carboxylic acids is 1. The maximum atomic E-state index is 11.3. The predicted molar refractivity (Wildman–Crippen MR) is 81.6 cm³/mol. The molecule has 7 heteroatoms. The van der Waals surface area contributed by atoms with Crippen LogP contribution in [-0.2, 0) is 11.3 Å². The highest BCUT2D eigenvalue weighted by molar-refractivity contribution is 5.86. The summed E-state index contributed by atoms with van der Waals surface area (Å²) in [5, 5.41) is 17.0. The molecule has 1 N–H and O–H groups in total. The normalized spacial score (nSPS) is 17.3. The second-order valence-electron chi connectivity index (χ2n) is 5.52. The van der Waals surface area contributed by atoms with Crippen molar-refractivity contribution < 1.29 is 19.4 Å². The Labute approximate surface area is 133 Å². The number of carboxylic acids is 1. The molecule has 1 aromatic carbocycles. The van der Waals surface area contributed by atoms with E-state index in [9.17, 15) is 9.90 Å². The van der Waals surface area contributed by atoms with Gasteiger partial charge in [0.2, 0.25) is 0 Å². The lowest BCUT2D eigenvalue weighted by molar-refractivity contribution is 0.0671. The smallest absolute Gasteiger partial charge is 0.358 e. The third-order valence-electron chi connectivity index (χ3n) is 3.77. The van der Waals surface area contributed by atoms with Crippen molar-refractivity contribution in [2.45, 2.75) is 32.4 Å². The lowest BCUT2D eigenvalue weighted by Gasteiger charge is -2.13. The topological polar surface area (TPSA) is 86.5 Å². The first-order chi connectivity index (χ1) is 11.1. The van der Waals surface area contributed by atoms with Gasteiger partial charge in [0, 0.05) is 6.61 Å². The van der Waals surface area contributed by atoms with Crippen LogP contribution in [-0.4, -0.2) is 39.3 Å². The SMILES string of the molecule is Cc1cccc(OCCn2nnc(C(=O)O)c2C2CCCO2)c1. The lowest BCUT2D eigenvalue weighted by Crippen LogP contribution is -2.16. The summed E-state index contributed by atoms with van der Waals surface area (Å²) in [5.74, 6) is -0.302. The monoisotopic (exact) mass is 317 g/mol. The van der Waals surface area contributed by atoms with Crippen molar-refractivity contribution in [3.8, 4) is 5.75 Å². The van der Waals surface area contributed by atoms with Gasteiger partial charge in [-0.2, -0.15) is 0 Å². The molecule has 2 aromatic rings. The van der Waals surface area contributed by atoms with E-state index in [0.717, 1.165) is 24.2 Å². The van der Waals surface area contributed by atoms with Crippen molar-refractivity contribution in [2.24, 2.45) is 0 Å². The molecule has 0 aliphatic carbocycles.